The van der Waals surface area contributed by atoms with Gasteiger partial charge in [-0.05, 0) is 36.7 Å². The van der Waals surface area contributed by atoms with Crippen LogP contribution in [0.2, 0.25) is 0 Å². The predicted molar refractivity (Wildman–Crippen MR) is 113 cm³/mol. The SMILES string of the molecule is Nn1c(-c2ccccc2)nc2c(c1=O)C(C1CCCCC1)Cc1ccccc1-2. The molecule has 1 aromatic heterocycles. The smallest absolute Gasteiger partial charge is 0.276 e. The number of nitrogens with zero attached hydrogens (tertiary/aromatic N) is 2. The second-order valence-electron chi connectivity index (χ2n) is 8.10. The number of hydrogen-bond acceptors (Lipinski definition) is 3. The number of benzene rings is 2. The standard InChI is InChI=1S/C24H25N3O/c25-27-23(17-11-5-2-6-12-17)26-22-19-14-8-7-13-18(19)15-20(21(22)24(27)28)16-9-3-1-4-10-16/h2,5-8,11-14,16,20H,1,3-4,9-10,15,25H2. The van der Waals surface area contributed by atoms with Gasteiger partial charge in [-0.15, -0.1) is 0 Å². The lowest BCUT2D eigenvalue weighted by atomic mass is 9.70. The van der Waals surface area contributed by atoms with Crippen molar-refractivity contribution in [3.8, 4) is 22.6 Å². The zero-order chi connectivity index (χ0) is 19.1. The van der Waals surface area contributed by atoms with E-state index < -0.39 is 0 Å². The Balaban J connectivity index is 1.74. The van der Waals surface area contributed by atoms with Gasteiger partial charge in [-0.3, -0.25) is 4.79 Å². The summed E-state index contributed by atoms with van der Waals surface area (Å²) in [6.07, 6.45) is 7.11. The lowest BCUT2D eigenvalue weighted by molar-refractivity contribution is 0.299. The molecular weight excluding hydrogens is 346 g/mol. The molecule has 0 amide bonds. The molecule has 1 unspecified atom stereocenters. The molecule has 4 nitrogen and oxygen atoms in total. The van der Waals surface area contributed by atoms with Crippen molar-refractivity contribution in [3.63, 3.8) is 0 Å². The first-order chi connectivity index (χ1) is 13.7. The summed E-state index contributed by atoms with van der Waals surface area (Å²) >= 11 is 0. The Bertz CT molecular complexity index is 1060. The molecule has 5 rings (SSSR count). The summed E-state index contributed by atoms with van der Waals surface area (Å²) in [5, 5.41) is 0. The van der Waals surface area contributed by atoms with Crippen molar-refractivity contribution in [1.29, 1.82) is 0 Å². The average Bonchev–Trinajstić information content (AvgIpc) is 2.76. The first-order valence-corrected chi connectivity index (χ1v) is 10.3. The molecule has 0 aliphatic heterocycles. The van der Waals surface area contributed by atoms with Gasteiger partial charge in [-0.25, -0.2) is 9.66 Å². The number of aromatic nitrogens is 2. The fourth-order valence-corrected chi connectivity index (χ4v) is 5.08. The van der Waals surface area contributed by atoms with Crippen molar-refractivity contribution in [1.82, 2.24) is 9.66 Å². The van der Waals surface area contributed by atoms with Crippen molar-refractivity contribution in [2.45, 2.75) is 44.4 Å². The van der Waals surface area contributed by atoms with Crippen LogP contribution in [-0.4, -0.2) is 9.66 Å². The van der Waals surface area contributed by atoms with Gasteiger partial charge in [0.1, 0.15) is 0 Å². The molecule has 1 fully saturated rings. The van der Waals surface area contributed by atoms with Crippen molar-refractivity contribution >= 4 is 0 Å². The molecule has 1 atom stereocenters. The second kappa shape index (κ2) is 6.93. The molecule has 4 heteroatoms. The summed E-state index contributed by atoms with van der Waals surface area (Å²) in [5.41, 5.74) is 4.82. The molecular formula is C24H25N3O. The first-order valence-electron chi connectivity index (χ1n) is 10.3. The summed E-state index contributed by atoms with van der Waals surface area (Å²) < 4.78 is 1.26. The highest BCUT2D eigenvalue weighted by Crippen LogP contribution is 2.44. The molecule has 3 aromatic rings. The molecule has 0 spiro atoms. The Morgan fingerprint density at radius 1 is 0.929 bits per heavy atom. The third-order valence-corrected chi connectivity index (χ3v) is 6.48. The van der Waals surface area contributed by atoms with E-state index in [-0.39, 0.29) is 11.5 Å². The summed E-state index contributed by atoms with van der Waals surface area (Å²) in [6, 6.07) is 18.1. The molecule has 28 heavy (non-hydrogen) atoms. The van der Waals surface area contributed by atoms with Gasteiger partial charge >= 0.3 is 0 Å². The highest BCUT2D eigenvalue weighted by Gasteiger charge is 2.35. The van der Waals surface area contributed by atoms with E-state index in [0.717, 1.165) is 28.8 Å². The second-order valence-corrected chi connectivity index (χ2v) is 8.10. The third kappa shape index (κ3) is 2.75. The Morgan fingerprint density at radius 3 is 2.43 bits per heavy atom. The maximum atomic E-state index is 13.5. The van der Waals surface area contributed by atoms with E-state index >= 15 is 0 Å². The van der Waals surface area contributed by atoms with E-state index in [1.54, 1.807) is 0 Å². The number of rotatable bonds is 2. The van der Waals surface area contributed by atoms with Crippen LogP contribution in [0, 0.1) is 5.92 Å². The quantitative estimate of drug-likeness (QED) is 0.674. The van der Waals surface area contributed by atoms with E-state index in [2.05, 4.69) is 18.2 Å². The number of fused-ring (bicyclic) bond motifs is 3. The van der Waals surface area contributed by atoms with Gasteiger partial charge < -0.3 is 5.84 Å². The predicted octanol–water partition coefficient (Wildman–Crippen LogP) is 4.51. The van der Waals surface area contributed by atoms with Gasteiger partial charge in [0.15, 0.2) is 5.82 Å². The molecule has 0 bridgehead atoms. The Morgan fingerprint density at radius 2 is 1.64 bits per heavy atom. The van der Waals surface area contributed by atoms with Crippen LogP contribution in [-0.2, 0) is 6.42 Å². The molecule has 1 saturated carbocycles. The van der Waals surface area contributed by atoms with Crippen LogP contribution in [0.25, 0.3) is 22.6 Å². The van der Waals surface area contributed by atoms with E-state index in [0.29, 0.717) is 11.7 Å². The molecule has 142 valence electrons. The van der Waals surface area contributed by atoms with Crippen LogP contribution in [0.3, 0.4) is 0 Å². The first kappa shape index (κ1) is 17.2. The maximum Gasteiger partial charge on any atom is 0.276 e. The number of hydrogen-bond donors (Lipinski definition) is 1. The third-order valence-electron chi connectivity index (χ3n) is 6.48. The number of nitrogen functional groups attached to an aromatic ring is 1. The van der Waals surface area contributed by atoms with Crippen molar-refractivity contribution < 1.29 is 0 Å². The summed E-state index contributed by atoms with van der Waals surface area (Å²) in [4.78, 5) is 18.4. The molecule has 0 saturated heterocycles. The van der Waals surface area contributed by atoms with Gasteiger partial charge in [0.2, 0.25) is 0 Å². The molecule has 2 aromatic carbocycles. The molecule has 2 aliphatic carbocycles. The van der Waals surface area contributed by atoms with E-state index in [9.17, 15) is 4.79 Å². The monoisotopic (exact) mass is 371 g/mol. The Hall–Kier alpha value is -2.88. The fraction of sp³-hybridized carbons (Fsp3) is 0.333. The molecule has 2 N–H and O–H groups in total. The Kier molecular flexibility index (Phi) is 4.27. The lowest BCUT2D eigenvalue weighted by Crippen LogP contribution is -2.37. The van der Waals surface area contributed by atoms with Gasteiger partial charge in [-0.2, -0.15) is 0 Å². The van der Waals surface area contributed by atoms with Gasteiger partial charge in [0.05, 0.1) is 5.69 Å². The van der Waals surface area contributed by atoms with Crippen LogP contribution in [0.1, 0.15) is 49.1 Å². The fourth-order valence-electron chi connectivity index (χ4n) is 5.08. The highest BCUT2D eigenvalue weighted by atomic mass is 16.1. The normalized spacial score (nSPS) is 19.1. The molecule has 1 heterocycles. The number of nitrogens with two attached hydrogens (primary N) is 1. The molecule has 0 radical (unpaired) electrons. The zero-order valence-electron chi connectivity index (χ0n) is 16.0. The summed E-state index contributed by atoms with van der Waals surface area (Å²) in [5.74, 6) is 7.58. The molecule has 2 aliphatic rings. The van der Waals surface area contributed by atoms with Crippen molar-refractivity contribution in [2.24, 2.45) is 5.92 Å². The maximum absolute atomic E-state index is 13.5. The van der Waals surface area contributed by atoms with Crippen LogP contribution in [0.5, 0.6) is 0 Å². The topological polar surface area (TPSA) is 60.9 Å². The van der Waals surface area contributed by atoms with E-state index in [4.69, 9.17) is 10.8 Å². The highest BCUT2D eigenvalue weighted by molar-refractivity contribution is 5.72. The summed E-state index contributed by atoms with van der Waals surface area (Å²) in [7, 11) is 0. The van der Waals surface area contributed by atoms with Crippen LogP contribution < -0.4 is 11.4 Å². The van der Waals surface area contributed by atoms with Gasteiger partial charge in [0.25, 0.3) is 5.56 Å². The van der Waals surface area contributed by atoms with Crippen molar-refractivity contribution in [2.75, 3.05) is 5.84 Å². The minimum Gasteiger partial charge on any atom is -0.334 e. The van der Waals surface area contributed by atoms with E-state index in [1.807, 2.05) is 36.4 Å². The zero-order valence-corrected chi connectivity index (χ0v) is 16.0. The average molecular weight is 371 g/mol. The van der Waals surface area contributed by atoms with Crippen LogP contribution in [0.4, 0.5) is 0 Å². The van der Waals surface area contributed by atoms with Gasteiger partial charge in [-0.1, -0.05) is 73.9 Å². The minimum absolute atomic E-state index is 0.0890. The van der Waals surface area contributed by atoms with Crippen LogP contribution >= 0.6 is 0 Å². The minimum atomic E-state index is -0.0890. The van der Waals surface area contributed by atoms with Crippen LogP contribution in [0.15, 0.2) is 59.4 Å². The largest absolute Gasteiger partial charge is 0.334 e. The van der Waals surface area contributed by atoms with Gasteiger partial charge in [0, 0.05) is 16.7 Å². The van der Waals surface area contributed by atoms with Crippen molar-refractivity contribution in [3.05, 3.63) is 76.1 Å². The lowest BCUT2D eigenvalue weighted by Gasteiger charge is -2.35. The van der Waals surface area contributed by atoms with E-state index in [1.165, 1.54) is 42.3 Å². The Labute approximate surface area is 165 Å². The summed E-state index contributed by atoms with van der Waals surface area (Å²) in [6.45, 7) is 0.